The zero-order chi connectivity index (χ0) is 15.1. The molecule has 0 saturated carbocycles. The molecule has 2 N–H and O–H groups in total. The third kappa shape index (κ3) is 5.61. The Hall–Kier alpha value is -1.55. The van der Waals surface area contributed by atoms with Gasteiger partial charge in [-0.05, 0) is 43.9 Å². The Balaban J connectivity index is 2.54. The highest BCUT2D eigenvalue weighted by Gasteiger charge is 2.19. The van der Waals surface area contributed by atoms with Crippen LogP contribution in [0.4, 0.5) is 0 Å². The molecule has 1 rings (SSSR count). The van der Waals surface area contributed by atoms with Crippen molar-refractivity contribution in [3.63, 3.8) is 0 Å². The lowest BCUT2D eigenvalue weighted by atomic mass is 10.0. The molecule has 0 bridgehead atoms. The van der Waals surface area contributed by atoms with E-state index < -0.39 is 6.10 Å². The Bertz CT molecular complexity index is 431. The predicted molar refractivity (Wildman–Crippen MR) is 79.7 cm³/mol. The quantitative estimate of drug-likeness (QED) is 0.805. The summed E-state index contributed by atoms with van der Waals surface area (Å²) in [7, 11) is 0. The first kappa shape index (κ1) is 16.5. The second-order valence-corrected chi connectivity index (χ2v) is 5.59. The van der Waals surface area contributed by atoms with Gasteiger partial charge in [-0.3, -0.25) is 4.79 Å². The number of hydrogen-bond acceptors (Lipinski definition) is 3. The van der Waals surface area contributed by atoms with Gasteiger partial charge in [0.05, 0.1) is 12.6 Å². The van der Waals surface area contributed by atoms with Crippen LogP contribution in [0.25, 0.3) is 0 Å². The maximum atomic E-state index is 12.0. The monoisotopic (exact) mass is 279 g/mol. The number of aliphatic hydroxyl groups is 1. The largest absolute Gasteiger partial charge is 0.481 e. The molecule has 0 fully saturated rings. The molecule has 0 aliphatic carbocycles. The van der Waals surface area contributed by atoms with Crippen molar-refractivity contribution in [2.75, 3.05) is 6.61 Å². The van der Waals surface area contributed by atoms with Gasteiger partial charge in [-0.25, -0.2) is 0 Å². The van der Waals surface area contributed by atoms with Gasteiger partial charge >= 0.3 is 0 Å². The highest BCUT2D eigenvalue weighted by atomic mass is 16.5. The lowest BCUT2D eigenvalue weighted by Gasteiger charge is -2.21. The minimum Gasteiger partial charge on any atom is -0.481 e. The Morgan fingerprint density at radius 3 is 2.60 bits per heavy atom. The van der Waals surface area contributed by atoms with E-state index >= 15 is 0 Å². The molecule has 0 aromatic heterocycles. The van der Waals surface area contributed by atoms with E-state index in [4.69, 9.17) is 4.74 Å². The Labute approximate surface area is 121 Å². The molecule has 4 heteroatoms. The molecule has 2 unspecified atom stereocenters. The molecule has 2 atom stereocenters. The summed E-state index contributed by atoms with van der Waals surface area (Å²) in [5.74, 6) is 0.892. The van der Waals surface area contributed by atoms with Crippen LogP contribution in [-0.2, 0) is 4.79 Å². The topological polar surface area (TPSA) is 58.6 Å². The fourth-order valence-corrected chi connectivity index (χ4v) is 2.01. The first-order valence-electron chi connectivity index (χ1n) is 7.07. The highest BCUT2D eigenvalue weighted by Crippen LogP contribution is 2.14. The molecule has 1 aromatic rings. The van der Waals surface area contributed by atoms with Crippen LogP contribution >= 0.6 is 0 Å². The van der Waals surface area contributed by atoms with Crippen LogP contribution in [-0.4, -0.2) is 29.8 Å². The number of carbonyl (C=O) groups is 1. The van der Waals surface area contributed by atoms with Gasteiger partial charge in [-0.2, -0.15) is 0 Å². The Morgan fingerprint density at radius 1 is 1.35 bits per heavy atom. The number of nitrogens with one attached hydrogen (secondary N) is 1. The number of benzene rings is 1. The van der Waals surface area contributed by atoms with Gasteiger partial charge < -0.3 is 15.2 Å². The molecule has 0 radical (unpaired) electrons. The number of hydrogen-bond donors (Lipinski definition) is 2. The molecule has 0 saturated heterocycles. The summed E-state index contributed by atoms with van der Waals surface area (Å²) < 4.78 is 5.61. The summed E-state index contributed by atoms with van der Waals surface area (Å²) in [4.78, 5) is 12.0. The number of aliphatic hydroxyl groups excluding tert-OH is 1. The van der Waals surface area contributed by atoms with E-state index in [0.29, 0.717) is 11.7 Å². The second-order valence-electron chi connectivity index (χ2n) is 5.59. The summed E-state index contributed by atoms with van der Waals surface area (Å²) >= 11 is 0. The number of aryl methyl sites for hydroxylation is 1. The standard InChI is InChI=1S/C16H25NO3/c1-11(2)8-14(10-18)17-16(19)13(4)20-15-7-5-6-12(3)9-15/h5-7,9,11,13-14,18H,8,10H2,1-4H3,(H,17,19). The molecule has 4 nitrogen and oxygen atoms in total. The van der Waals surface area contributed by atoms with Crippen LogP contribution < -0.4 is 10.1 Å². The van der Waals surface area contributed by atoms with E-state index in [0.717, 1.165) is 12.0 Å². The minimum absolute atomic E-state index is 0.0545. The van der Waals surface area contributed by atoms with E-state index in [2.05, 4.69) is 19.2 Å². The van der Waals surface area contributed by atoms with Crippen molar-refractivity contribution in [1.29, 1.82) is 0 Å². The molecule has 1 aromatic carbocycles. The van der Waals surface area contributed by atoms with Crippen molar-refractivity contribution in [1.82, 2.24) is 5.32 Å². The van der Waals surface area contributed by atoms with Gasteiger partial charge in [0.25, 0.3) is 5.91 Å². The van der Waals surface area contributed by atoms with Gasteiger partial charge in [0.2, 0.25) is 0 Å². The first-order chi connectivity index (χ1) is 9.42. The first-order valence-corrected chi connectivity index (χ1v) is 7.07. The molecular weight excluding hydrogens is 254 g/mol. The summed E-state index contributed by atoms with van der Waals surface area (Å²) in [6, 6.07) is 7.37. The van der Waals surface area contributed by atoms with E-state index in [1.54, 1.807) is 6.92 Å². The molecule has 0 heterocycles. The molecule has 112 valence electrons. The van der Waals surface area contributed by atoms with Crippen LogP contribution in [0.15, 0.2) is 24.3 Å². The zero-order valence-electron chi connectivity index (χ0n) is 12.7. The van der Waals surface area contributed by atoms with E-state index in [1.807, 2.05) is 31.2 Å². The average molecular weight is 279 g/mol. The van der Waals surface area contributed by atoms with Crippen LogP contribution in [0, 0.1) is 12.8 Å². The summed E-state index contributed by atoms with van der Waals surface area (Å²) in [5.41, 5.74) is 1.09. The van der Waals surface area contributed by atoms with Crippen LogP contribution in [0.1, 0.15) is 32.8 Å². The number of amides is 1. The van der Waals surface area contributed by atoms with Crippen molar-refractivity contribution >= 4 is 5.91 Å². The molecule has 0 spiro atoms. The Morgan fingerprint density at radius 2 is 2.05 bits per heavy atom. The summed E-state index contributed by atoms with van der Waals surface area (Å²) in [5, 5.41) is 12.1. The van der Waals surface area contributed by atoms with Crippen molar-refractivity contribution in [3.8, 4) is 5.75 Å². The molecule has 1 amide bonds. The lowest BCUT2D eigenvalue weighted by Crippen LogP contribution is -2.44. The average Bonchev–Trinajstić information content (AvgIpc) is 2.37. The van der Waals surface area contributed by atoms with E-state index in [9.17, 15) is 9.90 Å². The lowest BCUT2D eigenvalue weighted by molar-refractivity contribution is -0.128. The van der Waals surface area contributed by atoms with Gasteiger partial charge in [-0.15, -0.1) is 0 Å². The summed E-state index contributed by atoms with van der Waals surface area (Å²) in [6.07, 6.45) is 0.164. The van der Waals surface area contributed by atoms with Crippen molar-refractivity contribution < 1.29 is 14.6 Å². The molecule has 0 aliphatic rings. The third-order valence-electron chi connectivity index (χ3n) is 2.99. The maximum absolute atomic E-state index is 12.0. The van der Waals surface area contributed by atoms with Gasteiger partial charge in [-0.1, -0.05) is 26.0 Å². The van der Waals surface area contributed by atoms with Crippen LogP contribution in [0.5, 0.6) is 5.75 Å². The van der Waals surface area contributed by atoms with Gasteiger partial charge in [0.1, 0.15) is 5.75 Å². The van der Waals surface area contributed by atoms with Crippen molar-refractivity contribution in [2.24, 2.45) is 5.92 Å². The number of ether oxygens (including phenoxy) is 1. The smallest absolute Gasteiger partial charge is 0.261 e. The zero-order valence-corrected chi connectivity index (χ0v) is 12.7. The van der Waals surface area contributed by atoms with Gasteiger partial charge in [0, 0.05) is 0 Å². The molecule has 20 heavy (non-hydrogen) atoms. The molecule has 0 aliphatic heterocycles. The number of carbonyl (C=O) groups excluding carboxylic acids is 1. The van der Waals surface area contributed by atoms with Crippen molar-refractivity contribution in [2.45, 2.75) is 46.3 Å². The van der Waals surface area contributed by atoms with E-state index in [-0.39, 0.29) is 18.6 Å². The van der Waals surface area contributed by atoms with Gasteiger partial charge in [0.15, 0.2) is 6.10 Å². The fraction of sp³-hybridized carbons (Fsp3) is 0.562. The SMILES string of the molecule is Cc1cccc(OC(C)C(=O)NC(CO)CC(C)C)c1. The Kier molecular flexibility index (Phi) is 6.52. The third-order valence-corrected chi connectivity index (χ3v) is 2.99. The minimum atomic E-state index is -0.585. The maximum Gasteiger partial charge on any atom is 0.261 e. The van der Waals surface area contributed by atoms with Crippen LogP contribution in [0.2, 0.25) is 0 Å². The highest BCUT2D eigenvalue weighted by molar-refractivity contribution is 5.81. The predicted octanol–water partition coefficient (Wildman–Crippen LogP) is 2.29. The second kappa shape index (κ2) is 7.90. The van der Waals surface area contributed by atoms with Crippen molar-refractivity contribution in [3.05, 3.63) is 29.8 Å². The fourth-order valence-electron chi connectivity index (χ4n) is 2.01. The van der Waals surface area contributed by atoms with E-state index in [1.165, 1.54) is 0 Å². The summed E-state index contributed by atoms with van der Waals surface area (Å²) in [6.45, 7) is 7.74. The molecular formula is C16H25NO3. The number of rotatable bonds is 7. The van der Waals surface area contributed by atoms with Crippen LogP contribution in [0.3, 0.4) is 0 Å². The normalized spacial score (nSPS) is 13.9.